The van der Waals surface area contributed by atoms with Crippen molar-refractivity contribution < 1.29 is 18.7 Å². The van der Waals surface area contributed by atoms with E-state index < -0.39 is 10.8 Å². The van der Waals surface area contributed by atoms with Gasteiger partial charge < -0.3 is 14.5 Å². The largest absolute Gasteiger partial charge is 0.469 e. The monoisotopic (exact) mass is 289 g/mol. The molecule has 1 aromatic heterocycles. The molecule has 1 heterocycles. The van der Waals surface area contributed by atoms with Gasteiger partial charge in [0, 0.05) is 6.54 Å². The molecule has 0 saturated carbocycles. The Morgan fingerprint density at radius 1 is 1.62 bits per heavy atom. The molecule has 0 aliphatic heterocycles. The Morgan fingerprint density at radius 2 is 2.31 bits per heavy atom. The fourth-order valence-corrected chi connectivity index (χ4v) is 1.41. The van der Waals surface area contributed by atoms with Crippen molar-refractivity contribution in [1.82, 2.24) is 5.32 Å². The van der Waals surface area contributed by atoms with Crippen LogP contribution in [-0.4, -0.2) is 30.4 Å². The molecule has 0 spiro atoms. The number of hydrogen-bond acceptors (Lipinski definition) is 4. The summed E-state index contributed by atoms with van der Waals surface area (Å²) in [5.41, 5.74) is 0.432. The molecule has 0 aliphatic carbocycles. The second-order valence-corrected chi connectivity index (χ2v) is 4.25. The minimum Gasteiger partial charge on any atom is -0.469 e. The molecule has 0 bridgehead atoms. The van der Waals surface area contributed by atoms with E-state index in [1.807, 2.05) is 0 Å². The lowest BCUT2D eigenvalue weighted by Crippen LogP contribution is -2.33. The van der Waals surface area contributed by atoms with Crippen molar-refractivity contribution in [3.8, 4) is 0 Å². The SMILES string of the molecule is COC(=O)C(Br)CNC(=O)c1coc(C)c1. The van der Waals surface area contributed by atoms with Gasteiger partial charge in [0.1, 0.15) is 16.9 Å². The highest BCUT2D eigenvalue weighted by atomic mass is 79.9. The normalized spacial score (nSPS) is 11.9. The van der Waals surface area contributed by atoms with Crippen molar-refractivity contribution in [2.75, 3.05) is 13.7 Å². The lowest BCUT2D eigenvalue weighted by atomic mass is 10.3. The van der Waals surface area contributed by atoms with Gasteiger partial charge in [-0.05, 0) is 13.0 Å². The summed E-state index contributed by atoms with van der Waals surface area (Å²) in [5, 5.41) is 2.58. The molecular formula is C10H12BrNO4. The van der Waals surface area contributed by atoms with Gasteiger partial charge in [-0.15, -0.1) is 0 Å². The Balaban J connectivity index is 2.44. The Labute approximate surface area is 101 Å². The summed E-state index contributed by atoms with van der Waals surface area (Å²) in [5.74, 6) is -0.0533. The fourth-order valence-electron chi connectivity index (χ4n) is 1.06. The van der Waals surface area contributed by atoms with Crippen LogP contribution < -0.4 is 5.32 Å². The molecular weight excluding hydrogens is 278 g/mol. The highest BCUT2D eigenvalue weighted by Crippen LogP contribution is 2.06. The van der Waals surface area contributed by atoms with Crippen LogP contribution in [0.15, 0.2) is 16.7 Å². The lowest BCUT2D eigenvalue weighted by Gasteiger charge is -2.07. The van der Waals surface area contributed by atoms with Crippen molar-refractivity contribution in [1.29, 1.82) is 0 Å². The zero-order chi connectivity index (χ0) is 12.1. The number of carbonyl (C=O) groups excluding carboxylic acids is 2. The molecule has 0 saturated heterocycles. The maximum atomic E-state index is 11.5. The summed E-state index contributed by atoms with van der Waals surface area (Å²) in [6.45, 7) is 1.91. The van der Waals surface area contributed by atoms with Crippen LogP contribution >= 0.6 is 15.9 Å². The van der Waals surface area contributed by atoms with Gasteiger partial charge in [-0.25, -0.2) is 0 Å². The minimum atomic E-state index is -0.547. The summed E-state index contributed by atoms with van der Waals surface area (Å²) in [7, 11) is 1.29. The quantitative estimate of drug-likeness (QED) is 0.669. The summed E-state index contributed by atoms with van der Waals surface area (Å²) >= 11 is 3.10. The van der Waals surface area contributed by atoms with E-state index in [1.165, 1.54) is 13.4 Å². The first kappa shape index (κ1) is 12.8. The molecule has 0 aliphatic rings. The third kappa shape index (κ3) is 3.37. The molecule has 5 nitrogen and oxygen atoms in total. The Morgan fingerprint density at radius 3 is 2.81 bits per heavy atom. The summed E-state index contributed by atoms with van der Waals surface area (Å²) in [6, 6.07) is 1.62. The minimum absolute atomic E-state index is 0.162. The number of amides is 1. The van der Waals surface area contributed by atoms with E-state index in [9.17, 15) is 9.59 Å². The molecule has 1 amide bonds. The molecule has 0 fully saturated rings. The summed E-state index contributed by atoms with van der Waals surface area (Å²) < 4.78 is 9.50. The maximum absolute atomic E-state index is 11.5. The molecule has 1 rings (SSSR count). The first-order valence-corrected chi connectivity index (χ1v) is 5.51. The first-order valence-electron chi connectivity index (χ1n) is 4.60. The number of aryl methyl sites for hydroxylation is 1. The Hall–Kier alpha value is -1.30. The maximum Gasteiger partial charge on any atom is 0.321 e. The third-order valence-corrected chi connectivity index (χ3v) is 2.59. The van der Waals surface area contributed by atoms with Crippen LogP contribution in [0.3, 0.4) is 0 Å². The van der Waals surface area contributed by atoms with Crippen LogP contribution in [-0.2, 0) is 9.53 Å². The van der Waals surface area contributed by atoms with Gasteiger partial charge in [-0.1, -0.05) is 15.9 Å². The van der Waals surface area contributed by atoms with Gasteiger partial charge in [-0.3, -0.25) is 9.59 Å². The molecule has 0 radical (unpaired) electrons. The van der Waals surface area contributed by atoms with Crippen molar-refractivity contribution in [3.05, 3.63) is 23.7 Å². The lowest BCUT2D eigenvalue weighted by molar-refractivity contribution is -0.139. The van der Waals surface area contributed by atoms with Crippen molar-refractivity contribution >= 4 is 27.8 Å². The summed E-state index contributed by atoms with van der Waals surface area (Å²) in [6.07, 6.45) is 1.37. The van der Waals surface area contributed by atoms with Crippen molar-refractivity contribution in [3.63, 3.8) is 0 Å². The van der Waals surface area contributed by atoms with E-state index in [-0.39, 0.29) is 12.5 Å². The number of furan rings is 1. The van der Waals surface area contributed by atoms with Gasteiger partial charge in [0.15, 0.2) is 0 Å². The van der Waals surface area contributed by atoms with Gasteiger partial charge in [0.05, 0.1) is 12.7 Å². The highest BCUT2D eigenvalue weighted by molar-refractivity contribution is 9.10. The first-order chi connectivity index (χ1) is 7.54. The number of methoxy groups -OCH3 is 1. The number of nitrogens with one attached hydrogen (secondary N) is 1. The average Bonchev–Trinajstić information content (AvgIpc) is 2.71. The smallest absolute Gasteiger partial charge is 0.321 e. The van der Waals surface area contributed by atoms with Crippen molar-refractivity contribution in [2.24, 2.45) is 0 Å². The molecule has 0 aromatic carbocycles. The van der Waals surface area contributed by atoms with Crippen LogP contribution in [0.1, 0.15) is 16.1 Å². The average molecular weight is 290 g/mol. The second-order valence-electron chi connectivity index (χ2n) is 3.15. The van der Waals surface area contributed by atoms with Gasteiger partial charge in [0.25, 0.3) is 5.91 Å². The zero-order valence-electron chi connectivity index (χ0n) is 8.95. The zero-order valence-corrected chi connectivity index (χ0v) is 10.5. The van der Waals surface area contributed by atoms with E-state index in [0.29, 0.717) is 11.3 Å². The highest BCUT2D eigenvalue weighted by Gasteiger charge is 2.17. The van der Waals surface area contributed by atoms with Gasteiger partial charge in [0.2, 0.25) is 0 Å². The van der Waals surface area contributed by atoms with Crippen LogP contribution in [0.2, 0.25) is 0 Å². The molecule has 1 atom stereocenters. The van der Waals surface area contributed by atoms with Crippen LogP contribution in [0.4, 0.5) is 0 Å². The number of alkyl halides is 1. The van der Waals surface area contributed by atoms with Crippen LogP contribution in [0, 0.1) is 6.92 Å². The van der Waals surface area contributed by atoms with Gasteiger partial charge in [-0.2, -0.15) is 0 Å². The van der Waals surface area contributed by atoms with E-state index in [2.05, 4.69) is 26.0 Å². The second kappa shape index (κ2) is 5.69. The third-order valence-electron chi connectivity index (χ3n) is 1.89. The van der Waals surface area contributed by atoms with Crippen LogP contribution in [0.25, 0.3) is 0 Å². The number of hydrogen-bond donors (Lipinski definition) is 1. The number of esters is 1. The number of rotatable bonds is 4. The summed E-state index contributed by atoms with van der Waals surface area (Å²) in [4.78, 5) is 22.0. The molecule has 6 heteroatoms. The van der Waals surface area contributed by atoms with E-state index in [4.69, 9.17) is 4.42 Å². The Kier molecular flexibility index (Phi) is 4.54. The van der Waals surface area contributed by atoms with Crippen LogP contribution in [0.5, 0.6) is 0 Å². The topological polar surface area (TPSA) is 68.5 Å². The van der Waals surface area contributed by atoms with E-state index in [1.54, 1.807) is 13.0 Å². The van der Waals surface area contributed by atoms with E-state index in [0.717, 1.165) is 0 Å². The molecule has 1 N–H and O–H groups in total. The predicted octanol–water partition coefficient (Wildman–Crippen LogP) is 1.25. The molecule has 16 heavy (non-hydrogen) atoms. The molecule has 1 unspecified atom stereocenters. The van der Waals surface area contributed by atoms with Crippen molar-refractivity contribution in [2.45, 2.75) is 11.8 Å². The fraction of sp³-hybridized carbons (Fsp3) is 0.400. The predicted molar refractivity (Wildman–Crippen MR) is 60.5 cm³/mol. The Bertz CT molecular complexity index is 388. The number of halogens is 1. The number of carbonyl (C=O) groups is 2. The van der Waals surface area contributed by atoms with E-state index >= 15 is 0 Å². The van der Waals surface area contributed by atoms with Gasteiger partial charge >= 0.3 is 5.97 Å². The molecule has 1 aromatic rings. The number of ether oxygens (including phenoxy) is 1. The standard InChI is InChI=1S/C10H12BrNO4/c1-6-3-7(5-16-6)9(13)12-4-8(11)10(14)15-2/h3,5,8H,4H2,1-2H3,(H,12,13). The molecule has 88 valence electrons.